The molecule has 0 bridgehead atoms. The first kappa shape index (κ1) is 7.28. The van der Waals surface area contributed by atoms with E-state index in [1.807, 2.05) is 6.20 Å². The van der Waals surface area contributed by atoms with Crippen molar-refractivity contribution in [2.45, 2.75) is 19.8 Å². The van der Waals surface area contributed by atoms with Gasteiger partial charge in [0.05, 0.1) is 0 Å². The maximum atomic E-state index is 4.12. The van der Waals surface area contributed by atoms with Gasteiger partial charge in [-0.25, -0.2) is 9.97 Å². The summed E-state index contributed by atoms with van der Waals surface area (Å²) in [6.07, 6.45) is 3.38. The SMILES string of the molecule is CC(C)c1cc2cncnc2[nH]1. The molecule has 0 aliphatic carbocycles. The van der Waals surface area contributed by atoms with E-state index in [2.05, 4.69) is 34.9 Å². The molecule has 0 aliphatic rings. The first-order valence-electron chi connectivity index (χ1n) is 4.06. The molecule has 0 fully saturated rings. The van der Waals surface area contributed by atoms with Crippen molar-refractivity contribution in [3.63, 3.8) is 0 Å². The molecular formula is C9H11N3. The average Bonchev–Trinajstić information content (AvgIpc) is 2.46. The first-order chi connectivity index (χ1) is 5.77. The van der Waals surface area contributed by atoms with Crippen LogP contribution in [0.3, 0.4) is 0 Å². The van der Waals surface area contributed by atoms with Gasteiger partial charge in [0.15, 0.2) is 0 Å². The van der Waals surface area contributed by atoms with Gasteiger partial charge in [-0.3, -0.25) is 0 Å². The van der Waals surface area contributed by atoms with E-state index in [1.165, 1.54) is 5.69 Å². The van der Waals surface area contributed by atoms with Crippen molar-refractivity contribution in [1.82, 2.24) is 15.0 Å². The Morgan fingerprint density at radius 2 is 2.25 bits per heavy atom. The van der Waals surface area contributed by atoms with Gasteiger partial charge in [0.25, 0.3) is 0 Å². The Kier molecular flexibility index (Phi) is 1.57. The van der Waals surface area contributed by atoms with E-state index < -0.39 is 0 Å². The minimum Gasteiger partial charge on any atom is -0.343 e. The van der Waals surface area contributed by atoms with Crippen LogP contribution in [0.15, 0.2) is 18.6 Å². The van der Waals surface area contributed by atoms with Crippen LogP contribution in [0, 0.1) is 0 Å². The van der Waals surface area contributed by atoms with E-state index in [0.29, 0.717) is 5.92 Å². The van der Waals surface area contributed by atoms with E-state index in [1.54, 1.807) is 6.33 Å². The number of nitrogens with zero attached hydrogens (tertiary/aromatic N) is 2. The van der Waals surface area contributed by atoms with Crippen molar-refractivity contribution >= 4 is 11.0 Å². The second-order valence-corrected chi connectivity index (χ2v) is 3.21. The lowest BCUT2D eigenvalue weighted by Crippen LogP contribution is -1.85. The van der Waals surface area contributed by atoms with Crippen LogP contribution >= 0.6 is 0 Å². The fourth-order valence-electron chi connectivity index (χ4n) is 1.20. The quantitative estimate of drug-likeness (QED) is 0.695. The van der Waals surface area contributed by atoms with Crippen LogP contribution in [0.2, 0.25) is 0 Å². The normalized spacial score (nSPS) is 11.2. The Hall–Kier alpha value is -1.38. The lowest BCUT2D eigenvalue weighted by Gasteiger charge is -1.97. The average molecular weight is 161 g/mol. The molecule has 0 atom stereocenters. The molecule has 2 aromatic rings. The van der Waals surface area contributed by atoms with E-state index in [0.717, 1.165) is 11.0 Å². The molecule has 2 rings (SSSR count). The summed E-state index contributed by atoms with van der Waals surface area (Å²) < 4.78 is 0. The zero-order chi connectivity index (χ0) is 8.55. The van der Waals surface area contributed by atoms with E-state index >= 15 is 0 Å². The summed E-state index contributed by atoms with van der Waals surface area (Å²) in [7, 11) is 0. The first-order valence-corrected chi connectivity index (χ1v) is 4.06. The van der Waals surface area contributed by atoms with Crippen molar-refractivity contribution < 1.29 is 0 Å². The smallest absolute Gasteiger partial charge is 0.140 e. The van der Waals surface area contributed by atoms with Crippen LogP contribution in [0.25, 0.3) is 11.0 Å². The van der Waals surface area contributed by atoms with Gasteiger partial charge in [-0.05, 0) is 12.0 Å². The second kappa shape index (κ2) is 2.59. The lowest BCUT2D eigenvalue weighted by molar-refractivity contribution is 0.835. The molecule has 0 aromatic carbocycles. The molecule has 0 unspecified atom stereocenters. The van der Waals surface area contributed by atoms with E-state index in [4.69, 9.17) is 0 Å². The Bertz CT molecular complexity index is 356. The molecule has 0 saturated carbocycles. The molecule has 0 amide bonds. The highest BCUT2D eigenvalue weighted by molar-refractivity contribution is 5.75. The Morgan fingerprint density at radius 3 is 2.92 bits per heavy atom. The highest BCUT2D eigenvalue weighted by Gasteiger charge is 2.03. The van der Waals surface area contributed by atoms with E-state index in [9.17, 15) is 0 Å². The highest BCUT2D eigenvalue weighted by atomic mass is 14.9. The number of aromatic amines is 1. The zero-order valence-corrected chi connectivity index (χ0v) is 7.20. The van der Waals surface area contributed by atoms with Crippen molar-refractivity contribution in [3.8, 4) is 0 Å². The molecule has 0 aliphatic heterocycles. The van der Waals surface area contributed by atoms with Gasteiger partial charge in [-0.1, -0.05) is 13.8 Å². The summed E-state index contributed by atoms with van der Waals surface area (Å²) in [6, 6.07) is 2.10. The highest BCUT2D eigenvalue weighted by Crippen LogP contribution is 2.17. The number of fused-ring (bicyclic) bond motifs is 1. The van der Waals surface area contributed by atoms with Crippen LogP contribution in [-0.4, -0.2) is 15.0 Å². The number of hydrogen-bond acceptors (Lipinski definition) is 2. The predicted octanol–water partition coefficient (Wildman–Crippen LogP) is 2.08. The molecule has 3 nitrogen and oxygen atoms in total. The fraction of sp³-hybridized carbons (Fsp3) is 0.333. The summed E-state index contributed by atoms with van der Waals surface area (Å²) in [5, 5.41) is 1.08. The third-order valence-electron chi connectivity index (χ3n) is 1.94. The van der Waals surface area contributed by atoms with Crippen LogP contribution in [0.4, 0.5) is 0 Å². The number of H-pyrrole nitrogens is 1. The summed E-state index contributed by atoms with van der Waals surface area (Å²) in [6.45, 7) is 4.30. The van der Waals surface area contributed by atoms with E-state index in [-0.39, 0.29) is 0 Å². The van der Waals surface area contributed by atoms with Crippen molar-refractivity contribution in [2.24, 2.45) is 0 Å². The standard InChI is InChI=1S/C9H11N3/c1-6(2)8-3-7-4-10-5-11-9(7)12-8/h3-6H,1-2H3,(H,10,11,12). The van der Waals surface area contributed by atoms with Gasteiger partial charge in [0.2, 0.25) is 0 Å². The number of rotatable bonds is 1. The Balaban J connectivity index is 2.62. The molecule has 12 heavy (non-hydrogen) atoms. The molecule has 0 radical (unpaired) electrons. The van der Waals surface area contributed by atoms with Gasteiger partial charge in [0, 0.05) is 17.3 Å². The van der Waals surface area contributed by atoms with Gasteiger partial charge in [0.1, 0.15) is 12.0 Å². The second-order valence-electron chi connectivity index (χ2n) is 3.21. The van der Waals surface area contributed by atoms with Crippen LogP contribution in [0.1, 0.15) is 25.5 Å². The third-order valence-corrected chi connectivity index (χ3v) is 1.94. The fourth-order valence-corrected chi connectivity index (χ4v) is 1.20. The largest absolute Gasteiger partial charge is 0.343 e. The maximum Gasteiger partial charge on any atom is 0.140 e. The van der Waals surface area contributed by atoms with Gasteiger partial charge in [-0.2, -0.15) is 0 Å². The van der Waals surface area contributed by atoms with Crippen molar-refractivity contribution in [1.29, 1.82) is 0 Å². The van der Waals surface area contributed by atoms with Gasteiger partial charge < -0.3 is 4.98 Å². The van der Waals surface area contributed by atoms with Crippen molar-refractivity contribution in [2.75, 3.05) is 0 Å². The van der Waals surface area contributed by atoms with Crippen LogP contribution < -0.4 is 0 Å². The summed E-state index contributed by atoms with van der Waals surface area (Å²) in [5.41, 5.74) is 2.14. The molecule has 3 heteroatoms. The zero-order valence-electron chi connectivity index (χ0n) is 7.20. The van der Waals surface area contributed by atoms with Crippen LogP contribution in [0.5, 0.6) is 0 Å². The number of hydrogen-bond donors (Lipinski definition) is 1. The predicted molar refractivity (Wildman–Crippen MR) is 48.0 cm³/mol. The molecule has 2 aromatic heterocycles. The summed E-state index contributed by atoms with van der Waals surface area (Å²) in [5.74, 6) is 0.513. The number of aromatic nitrogens is 3. The lowest BCUT2D eigenvalue weighted by atomic mass is 10.1. The van der Waals surface area contributed by atoms with Gasteiger partial charge >= 0.3 is 0 Å². The Morgan fingerprint density at radius 1 is 1.42 bits per heavy atom. The number of nitrogens with one attached hydrogen (secondary N) is 1. The molecular weight excluding hydrogens is 150 g/mol. The maximum absolute atomic E-state index is 4.12. The van der Waals surface area contributed by atoms with Crippen LogP contribution in [-0.2, 0) is 0 Å². The minimum absolute atomic E-state index is 0.513. The molecule has 0 saturated heterocycles. The minimum atomic E-state index is 0.513. The van der Waals surface area contributed by atoms with Crippen molar-refractivity contribution in [3.05, 3.63) is 24.3 Å². The monoisotopic (exact) mass is 161 g/mol. The molecule has 2 heterocycles. The molecule has 62 valence electrons. The van der Waals surface area contributed by atoms with Gasteiger partial charge in [-0.15, -0.1) is 0 Å². The summed E-state index contributed by atoms with van der Waals surface area (Å²) >= 11 is 0. The third kappa shape index (κ3) is 1.07. The Labute approximate surface area is 70.9 Å². The summed E-state index contributed by atoms with van der Waals surface area (Å²) in [4.78, 5) is 11.3. The topological polar surface area (TPSA) is 41.6 Å². The molecule has 0 spiro atoms. The molecule has 1 N–H and O–H groups in total.